The Hall–Kier alpha value is -0.830. The highest BCUT2D eigenvalue weighted by Crippen LogP contribution is 2.20. The molecule has 0 bridgehead atoms. The largest absolute Gasteiger partial charge is 0.469 e. The van der Waals surface area contributed by atoms with Crippen LogP contribution < -0.4 is 0 Å². The lowest BCUT2D eigenvalue weighted by Gasteiger charge is -2.19. The second-order valence-electron chi connectivity index (χ2n) is 4.20. The van der Waals surface area contributed by atoms with Gasteiger partial charge in [-0.15, -0.1) is 0 Å². The predicted octanol–water partition coefficient (Wildman–Crippen LogP) is 2.15. The van der Waals surface area contributed by atoms with Crippen LogP contribution in [0.3, 0.4) is 0 Å². The van der Waals surface area contributed by atoms with Crippen molar-refractivity contribution < 1.29 is 14.6 Å². The number of esters is 1. The summed E-state index contributed by atoms with van der Waals surface area (Å²) in [4.78, 5) is 11.3. The number of allylic oxidation sites excluding steroid dienone is 1. The number of aliphatic hydroxyl groups is 1. The number of ether oxygens (including phenoxy) is 1. The highest BCUT2D eigenvalue weighted by Gasteiger charge is 2.24. The minimum Gasteiger partial charge on any atom is -0.469 e. The van der Waals surface area contributed by atoms with Gasteiger partial charge in [0.05, 0.1) is 19.1 Å². The van der Waals surface area contributed by atoms with Gasteiger partial charge in [-0.3, -0.25) is 4.79 Å². The molecule has 0 aliphatic heterocycles. The van der Waals surface area contributed by atoms with Crippen LogP contribution in [-0.4, -0.2) is 24.3 Å². The Morgan fingerprint density at radius 2 is 1.93 bits per heavy atom. The Balaban J connectivity index is 4.19. The van der Waals surface area contributed by atoms with E-state index < -0.39 is 12.0 Å². The summed E-state index contributed by atoms with van der Waals surface area (Å²) in [5.41, 5.74) is 1.10. The molecule has 3 unspecified atom stereocenters. The molecule has 0 aliphatic rings. The first-order chi connectivity index (χ1) is 6.90. The van der Waals surface area contributed by atoms with Crippen molar-refractivity contribution in [1.82, 2.24) is 0 Å². The molecule has 0 spiro atoms. The third-order valence-electron chi connectivity index (χ3n) is 2.84. The zero-order valence-electron chi connectivity index (χ0n) is 10.1. The summed E-state index contributed by atoms with van der Waals surface area (Å²) in [5.74, 6) is -0.383. The van der Waals surface area contributed by atoms with E-state index >= 15 is 0 Å². The smallest absolute Gasteiger partial charge is 0.311 e. The predicted molar refractivity (Wildman–Crippen MR) is 60.4 cm³/mol. The number of aliphatic hydroxyl groups excluding tert-OH is 1. The summed E-state index contributed by atoms with van der Waals surface area (Å²) in [5, 5.41) is 9.44. The van der Waals surface area contributed by atoms with Gasteiger partial charge in [0.25, 0.3) is 0 Å². The molecular formula is C12H22O3. The summed E-state index contributed by atoms with van der Waals surface area (Å²) < 4.78 is 4.65. The summed E-state index contributed by atoms with van der Waals surface area (Å²) in [7, 11) is 1.35. The molecular weight excluding hydrogens is 192 g/mol. The molecule has 3 nitrogen and oxygen atoms in total. The molecule has 88 valence electrons. The van der Waals surface area contributed by atoms with Crippen molar-refractivity contribution in [1.29, 1.82) is 0 Å². The number of rotatable bonds is 6. The average Bonchev–Trinajstić information content (AvgIpc) is 2.16. The lowest BCUT2D eigenvalue weighted by molar-refractivity contribution is -0.149. The highest BCUT2D eigenvalue weighted by atomic mass is 16.5. The molecule has 15 heavy (non-hydrogen) atoms. The summed E-state index contributed by atoms with van der Waals surface area (Å²) in [6.07, 6.45) is 0.827. The standard InChI is InChI=1S/C12H22O3/c1-8(2)9(3)6-7-11(10(4)13)12(14)15-5/h9-11,13H,1,6-7H2,2-5H3. The number of carbonyl (C=O) groups is 1. The van der Waals surface area contributed by atoms with E-state index in [9.17, 15) is 9.90 Å². The van der Waals surface area contributed by atoms with E-state index in [1.54, 1.807) is 6.92 Å². The van der Waals surface area contributed by atoms with Crippen LogP contribution in [0.1, 0.15) is 33.6 Å². The van der Waals surface area contributed by atoms with Gasteiger partial charge in [-0.05, 0) is 32.6 Å². The van der Waals surface area contributed by atoms with Gasteiger partial charge in [0, 0.05) is 0 Å². The minimum absolute atomic E-state index is 0.334. The van der Waals surface area contributed by atoms with Gasteiger partial charge >= 0.3 is 5.97 Å². The van der Waals surface area contributed by atoms with Crippen molar-refractivity contribution in [2.45, 2.75) is 39.7 Å². The maximum atomic E-state index is 11.3. The molecule has 0 heterocycles. The van der Waals surface area contributed by atoms with Crippen molar-refractivity contribution in [2.75, 3.05) is 7.11 Å². The summed E-state index contributed by atoms with van der Waals surface area (Å²) in [6, 6.07) is 0. The molecule has 0 amide bonds. The number of carbonyl (C=O) groups excluding carboxylic acids is 1. The Kier molecular flexibility index (Phi) is 6.25. The lowest BCUT2D eigenvalue weighted by Crippen LogP contribution is -2.27. The van der Waals surface area contributed by atoms with E-state index in [0.717, 1.165) is 12.0 Å². The first-order valence-corrected chi connectivity index (χ1v) is 5.31. The van der Waals surface area contributed by atoms with Gasteiger partial charge in [-0.2, -0.15) is 0 Å². The third-order valence-corrected chi connectivity index (χ3v) is 2.84. The maximum Gasteiger partial charge on any atom is 0.311 e. The molecule has 0 saturated heterocycles. The second-order valence-corrected chi connectivity index (χ2v) is 4.20. The van der Waals surface area contributed by atoms with Crippen LogP contribution in [0.15, 0.2) is 12.2 Å². The summed E-state index contributed by atoms with van der Waals surface area (Å²) in [6.45, 7) is 9.52. The monoisotopic (exact) mass is 214 g/mol. The molecule has 0 aromatic carbocycles. The Morgan fingerprint density at radius 1 is 1.40 bits per heavy atom. The van der Waals surface area contributed by atoms with Crippen LogP contribution >= 0.6 is 0 Å². The van der Waals surface area contributed by atoms with E-state index in [-0.39, 0.29) is 5.97 Å². The van der Waals surface area contributed by atoms with E-state index in [1.165, 1.54) is 7.11 Å². The fraction of sp³-hybridized carbons (Fsp3) is 0.750. The van der Waals surface area contributed by atoms with Crippen LogP contribution in [0.4, 0.5) is 0 Å². The molecule has 0 saturated carbocycles. The Bertz CT molecular complexity index is 221. The van der Waals surface area contributed by atoms with Crippen molar-refractivity contribution in [3.63, 3.8) is 0 Å². The first-order valence-electron chi connectivity index (χ1n) is 5.31. The first kappa shape index (κ1) is 14.2. The number of hydrogen-bond donors (Lipinski definition) is 1. The second kappa shape index (κ2) is 6.62. The highest BCUT2D eigenvalue weighted by molar-refractivity contribution is 5.72. The Morgan fingerprint density at radius 3 is 2.27 bits per heavy atom. The zero-order chi connectivity index (χ0) is 12.0. The average molecular weight is 214 g/mol. The van der Waals surface area contributed by atoms with Crippen LogP contribution in [0, 0.1) is 11.8 Å². The Labute approximate surface area is 92.1 Å². The minimum atomic E-state index is -0.658. The maximum absolute atomic E-state index is 11.3. The van der Waals surface area contributed by atoms with Gasteiger partial charge in [-0.1, -0.05) is 19.1 Å². The third kappa shape index (κ3) is 4.98. The molecule has 0 aromatic rings. The van der Waals surface area contributed by atoms with Crippen molar-refractivity contribution >= 4 is 5.97 Å². The van der Waals surface area contributed by atoms with Crippen molar-refractivity contribution in [2.24, 2.45) is 11.8 Å². The SMILES string of the molecule is C=C(C)C(C)CCC(C(=O)OC)C(C)O. The molecule has 0 fully saturated rings. The zero-order valence-corrected chi connectivity index (χ0v) is 10.1. The van der Waals surface area contributed by atoms with Crippen molar-refractivity contribution in [3.05, 3.63) is 12.2 Å². The topological polar surface area (TPSA) is 46.5 Å². The van der Waals surface area contributed by atoms with E-state index in [2.05, 4.69) is 18.2 Å². The number of hydrogen-bond acceptors (Lipinski definition) is 3. The fourth-order valence-corrected chi connectivity index (χ4v) is 1.38. The molecule has 0 aromatic heterocycles. The molecule has 1 N–H and O–H groups in total. The van der Waals surface area contributed by atoms with Gasteiger partial charge < -0.3 is 9.84 Å². The fourth-order valence-electron chi connectivity index (χ4n) is 1.38. The van der Waals surface area contributed by atoms with Gasteiger partial charge in [0.15, 0.2) is 0 Å². The van der Waals surface area contributed by atoms with E-state index in [4.69, 9.17) is 0 Å². The molecule has 3 heteroatoms. The summed E-state index contributed by atoms with van der Waals surface area (Å²) >= 11 is 0. The molecule has 0 rings (SSSR count). The van der Waals surface area contributed by atoms with Gasteiger partial charge in [-0.25, -0.2) is 0 Å². The van der Waals surface area contributed by atoms with Crippen LogP contribution in [0.25, 0.3) is 0 Å². The lowest BCUT2D eigenvalue weighted by atomic mass is 9.90. The molecule has 0 aliphatic carbocycles. The number of methoxy groups -OCH3 is 1. The van der Waals surface area contributed by atoms with Gasteiger partial charge in [0.1, 0.15) is 0 Å². The van der Waals surface area contributed by atoms with Gasteiger partial charge in [0.2, 0.25) is 0 Å². The van der Waals surface area contributed by atoms with E-state index in [0.29, 0.717) is 12.3 Å². The van der Waals surface area contributed by atoms with Crippen molar-refractivity contribution in [3.8, 4) is 0 Å². The molecule has 3 atom stereocenters. The molecule has 0 radical (unpaired) electrons. The van der Waals surface area contributed by atoms with Crippen LogP contribution in [-0.2, 0) is 9.53 Å². The van der Waals surface area contributed by atoms with E-state index in [1.807, 2.05) is 6.92 Å². The van der Waals surface area contributed by atoms with Crippen LogP contribution in [0.5, 0.6) is 0 Å². The normalized spacial score (nSPS) is 16.6. The quantitative estimate of drug-likeness (QED) is 0.544. The van der Waals surface area contributed by atoms with Crippen LogP contribution in [0.2, 0.25) is 0 Å².